The fourth-order valence-electron chi connectivity index (χ4n) is 4.28. The zero-order valence-corrected chi connectivity index (χ0v) is 21.1. The number of likely N-dealkylation sites (N-methyl/N-ethyl adjacent to an activating group) is 1. The van der Waals surface area contributed by atoms with Crippen LogP contribution in [0.25, 0.3) is 11.4 Å². The Hall–Kier alpha value is -3.09. The van der Waals surface area contributed by atoms with Crippen molar-refractivity contribution in [2.45, 2.75) is 58.7 Å². The van der Waals surface area contributed by atoms with Crippen LogP contribution in [-0.4, -0.2) is 52.9 Å². The Morgan fingerprint density at radius 3 is 2.22 bits per heavy atom. The number of fused-ring (bicyclic) bond motifs is 1. The lowest BCUT2D eigenvalue weighted by atomic mass is 9.86. The molecule has 2 amide bonds. The topological polar surface area (TPSA) is 79.3 Å². The third kappa shape index (κ3) is 6.08. The molecule has 0 unspecified atom stereocenters. The quantitative estimate of drug-likeness (QED) is 0.575. The molecule has 1 atom stereocenters. The molecule has 2 N–H and O–H groups in total. The Morgan fingerprint density at radius 1 is 1.03 bits per heavy atom. The number of amides is 2. The molecule has 0 bridgehead atoms. The number of carbonyl (C=O) groups is 2. The summed E-state index contributed by atoms with van der Waals surface area (Å²) >= 11 is 0. The Bertz CT molecular complexity index is 1180. The zero-order valence-electron chi connectivity index (χ0n) is 21.1. The minimum atomic E-state index is -5.11. The summed E-state index contributed by atoms with van der Waals surface area (Å²) < 4.78 is 82.9. The molecule has 1 aliphatic rings. The van der Waals surface area contributed by atoms with Crippen molar-refractivity contribution in [1.29, 1.82) is 0 Å². The molecule has 0 spiro atoms. The summed E-state index contributed by atoms with van der Waals surface area (Å²) in [5.41, 5.74) is -4.09. The van der Waals surface area contributed by atoms with Gasteiger partial charge in [-0.15, -0.1) is 0 Å². The van der Waals surface area contributed by atoms with Crippen LogP contribution in [0.5, 0.6) is 0 Å². The average molecular weight is 534 g/mol. The maximum atomic E-state index is 13.9. The predicted molar refractivity (Wildman–Crippen MR) is 123 cm³/mol. The van der Waals surface area contributed by atoms with Gasteiger partial charge >= 0.3 is 12.4 Å². The molecule has 1 aromatic carbocycles. The second-order valence-corrected chi connectivity index (χ2v) is 10.1. The molecule has 7 nitrogen and oxygen atoms in total. The smallest absolute Gasteiger partial charge is 0.357 e. The summed E-state index contributed by atoms with van der Waals surface area (Å²) in [6, 6.07) is 0.377. The normalized spacial score (nSPS) is 16.1. The van der Waals surface area contributed by atoms with E-state index >= 15 is 0 Å². The molecule has 13 heteroatoms. The Kier molecular flexibility index (Phi) is 7.69. The van der Waals surface area contributed by atoms with Crippen molar-refractivity contribution >= 4 is 11.8 Å². The van der Waals surface area contributed by atoms with Gasteiger partial charge in [0.1, 0.15) is 11.9 Å². The van der Waals surface area contributed by atoms with Crippen molar-refractivity contribution in [2.75, 3.05) is 20.6 Å². The van der Waals surface area contributed by atoms with Gasteiger partial charge in [0.15, 0.2) is 5.69 Å². The summed E-state index contributed by atoms with van der Waals surface area (Å²) in [6.45, 7) is 6.14. The van der Waals surface area contributed by atoms with Gasteiger partial charge in [0.25, 0.3) is 5.91 Å². The molecule has 37 heavy (non-hydrogen) atoms. The summed E-state index contributed by atoms with van der Waals surface area (Å²) in [6.07, 6.45) is -9.57. The number of imidazole rings is 1. The lowest BCUT2D eigenvalue weighted by Crippen LogP contribution is -2.53. The van der Waals surface area contributed by atoms with Crippen LogP contribution in [0.1, 0.15) is 54.5 Å². The summed E-state index contributed by atoms with van der Waals surface area (Å²) in [7, 11) is 3.18. The maximum Gasteiger partial charge on any atom is 0.417 e. The SMILES string of the molecule is CNC(=O)[C@@H](NC(=O)c1nc(-c2ccc(C(F)(F)F)cc2C(F)(F)F)n2c1CN(C)CCC2)C(C)(C)C. The van der Waals surface area contributed by atoms with E-state index in [0.717, 1.165) is 6.07 Å². The minimum absolute atomic E-state index is 0.0563. The number of aromatic nitrogens is 2. The van der Waals surface area contributed by atoms with Gasteiger partial charge in [0.2, 0.25) is 5.91 Å². The van der Waals surface area contributed by atoms with Crippen LogP contribution in [0, 0.1) is 5.41 Å². The van der Waals surface area contributed by atoms with Gasteiger partial charge in [-0.05, 0) is 37.6 Å². The lowest BCUT2D eigenvalue weighted by Gasteiger charge is -2.29. The van der Waals surface area contributed by atoms with Crippen molar-refractivity contribution in [2.24, 2.45) is 5.41 Å². The lowest BCUT2D eigenvalue weighted by molar-refractivity contribution is -0.142. The van der Waals surface area contributed by atoms with Crippen LogP contribution in [0.3, 0.4) is 0 Å². The van der Waals surface area contributed by atoms with Gasteiger partial charge < -0.3 is 20.1 Å². The number of benzene rings is 1. The van der Waals surface area contributed by atoms with E-state index in [-0.39, 0.29) is 30.7 Å². The van der Waals surface area contributed by atoms with Gasteiger partial charge in [-0.2, -0.15) is 26.3 Å². The van der Waals surface area contributed by atoms with Gasteiger partial charge in [0, 0.05) is 25.7 Å². The number of nitrogens with zero attached hydrogens (tertiary/aromatic N) is 3. The Balaban J connectivity index is 2.21. The first-order valence-corrected chi connectivity index (χ1v) is 11.5. The Morgan fingerprint density at radius 2 is 1.68 bits per heavy atom. The molecule has 0 aliphatic carbocycles. The van der Waals surface area contributed by atoms with Crippen molar-refractivity contribution in [3.05, 3.63) is 40.7 Å². The fraction of sp³-hybridized carbons (Fsp3) is 0.542. The predicted octanol–water partition coefficient (Wildman–Crippen LogP) is 4.31. The van der Waals surface area contributed by atoms with E-state index in [1.165, 1.54) is 11.6 Å². The molecule has 0 saturated heterocycles. The highest BCUT2D eigenvalue weighted by atomic mass is 19.4. The second kappa shape index (κ2) is 9.99. The van der Waals surface area contributed by atoms with Crippen LogP contribution in [-0.2, 0) is 30.2 Å². The molecule has 1 aliphatic heterocycles. The van der Waals surface area contributed by atoms with Crippen LogP contribution in [0.15, 0.2) is 18.2 Å². The number of halogens is 6. The van der Waals surface area contributed by atoms with E-state index in [4.69, 9.17) is 0 Å². The molecule has 204 valence electrons. The fourth-order valence-corrected chi connectivity index (χ4v) is 4.28. The summed E-state index contributed by atoms with van der Waals surface area (Å²) in [5.74, 6) is -1.50. The van der Waals surface area contributed by atoms with E-state index in [1.54, 1.807) is 27.8 Å². The Labute approximate surface area is 210 Å². The first-order valence-electron chi connectivity index (χ1n) is 11.5. The first kappa shape index (κ1) is 28.5. The number of rotatable bonds is 4. The number of alkyl halides is 6. The molecule has 1 aromatic heterocycles. The van der Waals surface area contributed by atoms with Gasteiger partial charge in [0.05, 0.1) is 16.8 Å². The maximum absolute atomic E-state index is 13.9. The molecule has 3 rings (SSSR count). The van der Waals surface area contributed by atoms with E-state index in [0.29, 0.717) is 24.7 Å². The van der Waals surface area contributed by atoms with E-state index in [9.17, 15) is 35.9 Å². The number of hydrogen-bond donors (Lipinski definition) is 2. The van der Waals surface area contributed by atoms with Crippen LogP contribution < -0.4 is 10.6 Å². The standard InChI is InChI=1S/C24H29F6N5O2/c1-22(2,3)18(21(37)31-4)33-20(36)17-16-12-34(5)9-6-10-35(16)19(32-17)14-8-7-13(23(25,26)27)11-15(14)24(28,29)30/h7-8,11,18H,6,9-10,12H2,1-5H3,(H,31,37)(H,33,36)/t18-/m1/s1. The van der Waals surface area contributed by atoms with Crippen molar-refractivity contribution in [1.82, 2.24) is 25.1 Å². The third-order valence-electron chi connectivity index (χ3n) is 6.17. The highest BCUT2D eigenvalue weighted by molar-refractivity contribution is 5.98. The minimum Gasteiger partial charge on any atom is -0.357 e. The monoisotopic (exact) mass is 533 g/mol. The summed E-state index contributed by atoms with van der Waals surface area (Å²) in [5, 5.41) is 5.11. The van der Waals surface area contributed by atoms with Gasteiger partial charge in [-0.1, -0.05) is 26.8 Å². The van der Waals surface area contributed by atoms with Gasteiger partial charge in [-0.25, -0.2) is 4.98 Å². The number of nitrogens with one attached hydrogen (secondary N) is 2. The van der Waals surface area contributed by atoms with Crippen molar-refractivity contribution in [3.63, 3.8) is 0 Å². The van der Waals surface area contributed by atoms with Gasteiger partial charge in [-0.3, -0.25) is 9.59 Å². The highest BCUT2D eigenvalue weighted by Crippen LogP contribution is 2.41. The number of carbonyl (C=O) groups excluding carboxylic acids is 2. The van der Waals surface area contributed by atoms with E-state index < -0.39 is 52.3 Å². The second-order valence-electron chi connectivity index (χ2n) is 10.1. The van der Waals surface area contributed by atoms with Crippen LogP contribution in [0.4, 0.5) is 26.3 Å². The molecule has 0 radical (unpaired) electrons. The van der Waals surface area contributed by atoms with Crippen molar-refractivity contribution in [3.8, 4) is 11.4 Å². The van der Waals surface area contributed by atoms with E-state index in [1.807, 2.05) is 4.90 Å². The van der Waals surface area contributed by atoms with Crippen LogP contribution in [0.2, 0.25) is 0 Å². The van der Waals surface area contributed by atoms with Crippen LogP contribution >= 0.6 is 0 Å². The summed E-state index contributed by atoms with van der Waals surface area (Å²) in [4.78, 5) is 31.9. The van der Waals surface area contributed by atoms with Crippen molar-refractivity contribution < 1.29 is 35.9 Å². The largest absolute Gasteiger partial charge is 0.417 e. The zero-order chi connectivity index (χ0) is 27.9. The first-order chi connectivity index (χ1) is 16.9. The highest BCUT2D eigenvalue weighted by Gasteiger charge is 2.40. The third-order valence-corrected chi connectivity index (χ3v) is 6.17. The molecule has 0 fully saturated rings. The molecule has 2 aromatic rings. The van der Waals surface area contributed by atoms with E-state index in [2.05, 4.69) is 15.6 Å². The number of hydrogen-bond acceptors (Lipinski definition) is 4. The molecule has 0 saturated carbocycles. The molecule has 2 heterocycles. The molecular formula is C24H29F6N5O2. The molecular weight excluding hydrogens is 504 g/mol. The average Bonchev–Trinajstić information content (AvgIpc) is 3.00.